The van der Waals surface area contributed by atoms with Crippen molar-refractivity contribution >= 4 is 23.2 Å². The summed E-state index contributed by atoms with van der Waals surface area (Å²) in [5.41, 5.74) is 1.79. The van der Waals surface area contributed by atoms with Crippen LogP contribution >= 0.6 is 11.3 Å². The number of carbonyl (C=O) groups excluding carboxylic acids is 2. The Hall–Kier alpha value is -3.16. The Labute approximate surface area is 191 Å². The Balaban J connectivity index is 1.17. The predicted octanol–water partition coefficient (Wildman–Crippen LogP) is 3.56. The number of nitrogens with one attached hydrogen (secondary N) is 1. The van der Waals surface area contributed by atoms with Crippen molar-refractivity contribution in [3.05, 3.63) is 82.0 Å². The summed E-state index contributed by atoms with van der Waals surface area (Å²) in [7, 11) is 0. The molecular weight excluding hydrogens is 422 g/mol. The van der Waals surface area contributed by atoms with Crippen LogP contribution in [0.25, 0.3) is 0 Å². The standard InChI is InChI=1S/C25H25N3O3S/c29-24(23-18-6-1-3-8-20(18)31-21-9-4-2-7-19(21)23)26-11-12-27-13-15-28(16-14-27)25(30)22-10-5-17-32-22/h1-10,17,23H,11-16H2,(H,26,29). The molecule has 3 aromatic rings. The van der Waals surface area contributed by atoms with Gasteiger partial charge in [0.05, 0.1) is 10.8 Å². The van der Waals surface area contributed by atoms with E-state index < -0.39 is 0 Å². The lowest BCUT2D eigenvalue weighted by Crippen LogP contribution is -2.50. The third-order valence-electron chi connectivity index (χ3n) is 6.06. The molecule has 1 aromatic heterocycles. The molecule has 0 radical (unpaired) electrons. The first-order valence-electron chi connectivity index (χ1n) is 10.9. The van der Waals surface area contributed by atoms with E-state index in [1.54, 1.807) is 0 Å². The van der Waals surface area contributed by atoms with E-state index in [0.29, 0.717) is 19.6 Å². The second-order valence-electron chi connectivity index (χ2n) is 8.01. The molecule has 1 saturated heterocycles. The average Bonchev–Trinajstić information content (AvgIpc) is 3.37. The van der Waals surface area contributed by atoms with E-state index in [4.69, 9.17) is 4.74 Å². The first kappa shape index (κ1) is 20.7. The molecular formula is C25H25N3O3S. The molecule has 0 spiro atoms. The third kappa shape index (κ3) is 4.13. The third-order valence-corrected chi connectivity index (χ3v) is 6.92. The van der Waals surface area contributed by atoms with Gasteiger partial charge in [-0.2, -0.15) is 0 Å². The van der Waals surface area contributed by atoms with Gasteiger partial charge in [0.15, 0.2) is 0 Å². The van der Waals surface area contributed by atoms with E-state index in [2.05, 4.69) is 10.2 Å². The Morgan fingerprint density at radius 1 is 0.906 bits per heavy atom. The van der Waals surface area contributed by atoms with Crippen molar-refractivity contribution in [2.75, 3.05) is 39.3 Å². The molecule has 0 saturated carbocycles. The second-order valence-corrected chi connectivity index (χ2v) is 8.96. The largest absolute Gasteiger partial charge is 0.457 e. The van der Waals surface area contributed by atoms with E-state index in [1.807, 2.05) is 70.9 Å². The van der Waals surface area contributed by atoms with Crippen LogP contribution in [0.3, 0.4) is 0 Å². The average molecular weight is 448 g/mol. The number of fused-ring (bicyclic) bond motifs is 2. The van der Waals surface area contributed by atoms with Crippen molar-refractivity contribution < 1.29 is 14.3 Å². The van der Waals surface area contributed by atoms with Crippen LogP contribution < -0.4 is 10.1 Å². The Bertz CT molecular complexity index is 1060. The lowest BCUT2D eigenvalue weighted by Gasteiger charge is -2.34. The number of para-hydroxylation sites is 2. The number of hydrogen-bond donors (Lipinski definition) is 1. The van der Waals surface area contributed by atoms with Crippen LogP contribution in [0.1, 0.15) is 26.7 Å². The minimum Gasteiger partial charge on any atom is -0.457 e. The normalized spacial score (nSPS) is 16.1. The highest BCUT2D eigenvalue weighted by Crippen LogP contribution is 2.43. The van der Waals surface area contributed by atoms with Gasteiger partial charge in [0.1, 0.15) is 11.5 Å². The summed E-state index contributed by atoms with van der Waals surface area (Å²) in [6.45, 7) is 4.39. The van der Waals surface area contributed by atoms with Crippen molar-refractivity contribution in [2.24, 2.45) is 0 Å². The number of carbonyl (C=O) groups is 2. The molecule has 0 bridgehead atoms. The van der Waals surface area contributed by atoms with Crippen LogP contribution in [0.5, 0.6) is 11.5 Å². The molecule has 6 nitrogen and oxygen atoms in total. The molecule has 2 aromatic carbocycles. The van der Waals surface area contributed by atoms with E-state index in [9.17, 15) is 9.59 Å². The molecule has 2 amide bonds. The van der Waals surface area contributed by atoms with Gasteiger partial charge < -0.3 is 15.0 Å². The molecule has 2 aliphatic heterocycles. The number of piperazine rings is 1. The lowest BCUT2D eigenvalue weighted by molar-refractivity contribution is -0.121. The first-order chi connectivity index (χ1) is 15.7. The maximum absolute atomic E-state index is 13.2. The fraction of sp³-hybridized carbons (Fsp3) is 0.280. The van der Waals surface area contributed by atoms with Crippen molar-refractivity contribution in [2.45, 2.75) is 5.92 Å². The summed E-state index contributed by atoms with van der Waals surface area (Å²) in [4.78, 5) is 30.7. The maximum Gasteiger partial charge on any atom is 0.264 e. The van der Waals surface area contributed by atoms with Crippen molar-refractivity contribution in [1.82, 2.24) is 15.1 Å². The second kappa shape index (κ2) is 9.14. The monoisotopic (exact) mass is 447 g/mol. The molecule has 0 aliphatic carbocycles. The molecule has 7 heteroatoms. The number of ether oxygens (including phenoxy) is 1. The molecule has 0 unspecified atom stereocenters. The van der Waals surface area contributed by atoms with E-state index in [-0.39, 0.29) is 17.7 Å². The van der Waals surface area contributed by atoms with Gasteiger partial charge in [-0.05, 0) is 23.6 Å². The van der Waals surface area contributed by atoms with Crippen LogP contribution in [0, 0.1) is 0 Å². The molecule has 32 heavy (non-hydrogen) atoms. The summed E-state index contributed by atoms with van der Waals surface area (Å²) < 4.78 is 5.99. The van der Waals surface area contributed by atoms with Gasteiger partial charge >= 0.3 is 0 Å². The fourth-order valence-corrected chi connectivity index (χ4v) is 5.05. The lowest BCUT2D eigenvalue weighted by atomic mass is 9.87. The van der Waals surface area contributed by atoms with E-state index >= 15 is 0 Å². The van der Waals surface area contributed by atoms with Gasteiger partial charge in [-0.15, -0.1) is 11.3 Å². The number of thiophene rings is 1. The zero-order valence-corrected chi connectivity index (χ0v) is 18.5. The zero-order valence-electron chi connectivity index (χ0n) is 17.7. The van der Waals surface area contributed by atoms with Crippen LogP contribution in [0.4, 0.5) is 0 Å². The highest BCUT2D eigenvalue weighted by atomic mass is 32.1. The minimum atomic E-state index is -0.378. The summed E-state index contributed by atoms with van der Waals surface area (Å²) in [5, 5.41) is 5.05. The molecule has 2 aliphatic rings. The highest BCUT2D eigenvalue weighted by molar-refractivity contribution is 7.12. The molecule has 1 fully saturated rings. The molecule has 5 rings (SSSR count). The Morgan fingerprint density at radius 3 is 2.19 bits per heavy atom. The van der Waals surface area contributed by atoms with E-state index in [1.165, 1.54) is 11.3 Å². The maximum atomic E-state index is 13.2. The van der Waals surface area contributed by atoms with Gasteiger partial charge in [-0.3, -0.25) is 14.5 Å². The van der Waals surface area contributed by atoms with Gasteiger partial charge in [-0.25, -0.2) is 0 Å². The summed E-state index contributed by atoms with van der Waals surface area (Å²) in [6.07, 6.45) is 0. The number of amides is 2. The summed E-state index contributed by atoms with van der Waals surface area (Å²) >= 11 is 1.49. The Kier molecular flexibility index (Phi) is 5.92. The fourth-order valence-electron chi connectivity index (χ4n) is 4.36. The van der Waals surface area contributed by atoms with Gasteiger partial charge in [0.25, 0.3) is 5.91 Å². The van der Waals surface area contributed by atoms with Crippen molar-refractivity contribution in [3.8, 4) is 11.5 Å². The number of nitrogens with zero attached hydrogens (tertiary/aromatic N) is 2. The predicted molar refractivity (Wildman–Crippen MR) is 124 cm³/mol. The van der Waals surface area contributed by atoms with Gasteiger partial charge in [0.2, 0.25) is 5.91 Å². The molecule has 164 valence electrons. The minimum absolute atomic E-state index is 0.0142. The first-order valence-corrected chi connectivity index (χ1v) is 11.8. The zero-order chi connectivity index (χ0) is 21.9. The number of rotatable bonds is 5. The van der Waals surface area contributed by atoms with Crippen LogP contribution in [-0.2, 0) is 4.79 Å². The van der Waals surface area contributed by atoms with Crippen molar-refractivity contribution in [1.29, 1.82) is 0 Å². The number of hydrogen-bond acceptors (Lipinski definition) is 5. The van der Waals surface area contributed by atoms with Crippen molar-refractivity contribution in [3.63, 3.8) is 0 Å². The summed E-state index contributed by atoms with van der Waals surface area (Å²) in [5.74, 6) is 1.19. The van der Waals surface area contributed by atoms with Gasteiger partial charge in [-0.1, -0.05) is 42.5 Å². The molecule has 0 atom stereocenters. The molecule has 1 N–H and O–H groups in total. The van der Waals surface area contributed by atoms with Crippen LogP contribution in [0.15, 0.2) is 66.0 Å². The topological polar surface area (TPSA) is 61.9 Å². The quantitative estimate of drug-likeness (QED) is 0.650. The van der Waals surface area contributed by atoms with Gasteiger partial charge in [0, 0.05) is 50.4 Å². The van der Waals surface area contributed by atoms with Crippen LogP contribution in [-0.4, -0.2) is 60.9 Å². The molecule has 3 heterocycles. The van der Waals surface area contributed by atoms with E-state index in [0.717, 1.165) is 47.1 Å². The highest BCUT2D eigenvalue weighted by Gasteiger charge is 2.32. The summed E-state index contributed by atoms with van der Waals surface area (Å²) in [6, 6.07) is 19.2. The SMILES string of the molecule is O=C(NCCN1CCN(C(=O)c2cccs2)CC1)C1c2ccccc2Oc2ccccc21. The number of benzene rings is 2. The smallest absolute Gasteiger partial charge is 0.264 e. The Morgan fingerprint density at radius 2 is 1.56 bits per heavy atom. The van der Waals surface area contributed by atoms with Crippen LogP contribution in [0.2, 0.25) is 0 Å².